The zero-order valence-corrected chi connectivity index (χ0v) is 27.1. The number of ether oxygens (including phenoxy) is 1. The van der Waals surface area contributed by atoms with Crippen LogP contribution in [0, 0.1) is 0 Å². The van der Waals surface area contributed by atoms with Crippen LogP contribution < -0.4 is 15.0 Å². The fourth-order valence-corrected chi connectivity index (χ4v) is 7.12. The Balaban J connectivity index is 1.17. The van der Waals surface area contributed by atoms with Crippen molar-refractivity contribution in [2.45, 2.75) is 64.8 Å². The fourth-order valence-electron chi connectivity index (χ4n) is 5.91. The summed E-state index contributed by atoms with van der Waals surface area (Å²) in [5, 5.41) is 8.31. The van der Waals surface area contributed by atoms with Crippen molar-refractivity contribution in [2.24, 2.45) is 4.99 Å². The predicted molar refractivity (Wildman–Crippen MR) is 180 cm³/mol. The van der Waals surface area contributed by atoms with Gasteiger partial charge in [-0.05, 0) is 85.6 Å². The lowest BCUT2D eigenvalue weighted by molar-refractivity contribution is -0.274. The van der Waals surface area contributed by atoms with E-state index in [1.807, 2.05) is 30.3 Å². The lowest BCUT2D eigenvalue weighted by Gasteiger charge is -2.37. The number of amidine groups is 1. The van der Waals surface area contributed by atoms with E-state index in [0.29, 0.717) is 17.4 Å². The van der Waals surface area contributed by atoms with Crippen LogP contribution in [0.1, 0.15) is 63.5 Å². The second kappa shape index (κ2) is 13.6. The smallest absolute Gasteiger partial charge is 0.406 e. The number of benzene rings is 3. The van der Waals surface area contributed by atoms with Crippen LogP contribution in [0.5, 0.6) is 5.75 Å². The van der Waals surface area contributed by atoms with Crippen LogP contribution in [0.15, 0.2) is 89.8 Å². The Morgan fingerprint density at radius 3 is 2.47 bits per heavy atom. The van der Waals surface area contributed by atoms with E-state index in [9.17, 15) is 18.0 Å². The first kappa shape index (κ1) is 32.4. The molecule has 0 saturated carbocycles. The van der Waals surface area contributed by atoms with E-state index in [-0.39, 0.29) is 17.8 Å². The molecule has 0 radical (unpaired) electrons. The molecule has 1 unspecified atom stereocenters. The van der Waals surface area contributed by atoms with E-state index in [1.54, 1.807) is 11.8 Å². The van der Waals surface area contributed by atoms with E-state index >= 15 is 0 Å². The Morgan fingerprint density at radius 1 is 1.02 bits per heavy atom. The summed E-state index contributed by atoms with van der Waals surface area (Å²) in [7, 11) is 0. The minimum absolute atomic E-state index is 0.224. The number of rotatable bonds is 7. The second-order valence-electron chi connectivity index (χ2n) is 11.8. The number of anilines is 1. The first-order valence-corrected chi connectivity index (χ1v) is 16.6. The Kier molecular flexibility index (Phi) is 9.40. The van der Waals surface area contributed by atoms with Crippen molar-refractivity contribution >= 4 is 34.2 Å². The topological polar surface area (TPSA) is 84.6 Å². The highest BCUT2D eigenvalue weighted by molar-refractivity contribution is 8.14. The van der Waals surface area contributed by atoms with Crippen molar-refractivity contribution in [1.29, 1.82) is 0 Å². The van der Waals surface area contributed by atoms with Gasteiger partial charge in [0.2, 0.25) is 0 Å². The van der Waals surface area contributed by atoms with Crippen molar-refractivity contribution in [2.75, 3.05) is 10.7 Å². The Morgan fingerprint density at radius 2 is 1.74 bits per heavy atom. The molecule has 0 bridgehead atoms. The lowest BCUT2D eigenvalue weighted by Crippen LogP contribution is -2.42. The molecule has 6 rings (SSSR count). The van der Waals surface area contributed by atoms with Gasteiger partial charge in [-0.3, -0.25) is 0 Å². The van der Waals surface area contributed by atoms with Gasteiger partial charge in [-0.25, -0.2) is 14.5 Å². The average Bonchev–Trinajstić information content (AvgIpc) is 3.71. The number of thioether (sulfide) groups is 1. The fraction of sp³-hybridized carbons (Fsp3) is 0.314. The molecule has 12 heteroatoms. The highest BCUT2D eigenvalue weighted by atomic mass is 32.2. The summed E-state index contributed by atoms with van der Waals surface area (Å²) in [6, 6.07) is 21.4. The number of aliphatic imine (C=N–C) groups is 1. The van der Waals surface area contributed by atoms with Crippen molar-refractivity contribution in [3.05, 3.63) is 95.9 Å². The van der Waals surface area contributed by atoms with Gasteiger partial charge in [0, 0.05) is 28.7 Å². The van der Waals surface area contributed by atoms with Crippen LogP contribution in [0.2, 0.25) is 0 Å². The molecule has 2 amide bonds. The molecule has 244 valence electrons. The first-order valence-electron chi connectivity index (χ1n) is 15.6. The summed E-state index contributed by atoms with van der Waals surface area (Å²) < 4.78 is 42.9. The number of aromatic nitrogens is 3. The number of nitrogens with zero attached hydrogens (tertiary/aromatic N) is 5. The lowest BCUT2D eigenvalue weighted by atomic mass is 9.99. The van der Waals surface area contributed by atoms with Gasteiger partial charge in [0.1, 0.15) is 12.1 Å². The summed E-state index contributed by atoms with van der Waals surface area (Å²) in [5.41, 5.74) is 6.62. The van der Waals surface area contributed by atoms with E-state index in [4.69, 9.17) is 0 Å². The number of urea groups is 1. The zero-order chi connectivity index (χ0) is 33.1. The SMILES string of the molecule is CC(C)c1ccccc1N1/C(=N/C(=O)NC2=C(c3ccc(-c4ncn(-c5ccc(OC(F)(F)F)cc5)n4)cc3)CCC2)SCCC1C. The maximum atomic E-state index is 13.3. The van der Waals surface area contributed by atoms with Crippen molar-refractivity contribution in [3.63, 3.8) is 0 Å². The van der Waals surface area contributed by atoms with Gasteiger partial charge in [0.25, 0.3) is 0 Å². The largest absolute Gasteiger partial charge is 0.573 e. The number of para-hydroxylation sites is 1. The van der Waals surface area contributed by atoms with Crippen LogP contribution in [-0.4, -0.2) is 44.1 Å². The molecule has 47 heavy (non-hydrogen) atoms. The predicted octanol–water partition coefficient (Wildman–Crippen LogP) is 8.95. The minimum Gasteiger partial charge on any atom is -0.406 e. The van der Waals surface area contributed by atoms with Gasteiger partial charge in [0.15, 0.2) is 11.0 Å². The maximum Gasteiger partial charge on any atom is 0.573 e. The Hall–Kier alpha value is -4.58. The average molecular weight is 661 g/mol. The van der Waals surface area contributed by atoms with Gasteiger partial charge in [-0.2, -0.15) is 4.99 Å². The highest BCUT2D eigenvalue weighted by Crippen LogP contribution is 2.36. The molecule has 1 aromatic heterocycles. The van der Waals surface area contributed by atoms with E-state index in [2.05, 4.69) is 69.0 Å². The van der Waals surface area contributed by atoms with Crippen molar-refractivity contribution in [3.8, 4) is 22.8 Å². The normalized spacial score (nSPS) is 17.9. The van der Waals surface area contributed by atoms with E-state index in [0.717, 1.165) is 64.7 Å². The number of carbonyl (C=O) groups excluding carboxylic acids is 1. The molecule has 1 fully saturated rings. The van der Waals surface area contributed by atoms with Crippen LogP contribution in [0.25, 0.3) is 22.6 Å². The molecule has 1 saturated heterocycles. The number of carbonyl (C=O) groups is 1. The molecule has 0 spiro atoms. The molecule has 2 aliphatic rings. The summed E-state index contributed by atoms with van der Waals surface area (Å²) in [4.78, 5) is 24.5. The number of halogens is 3. The van der Waals surface area contributed by atoms with Gasteiger partial charge >= 0.3 is 12.4 Å². The molecule has 1 N–H and O–H groups in total. The molecule has 1 aliphatic carbocycles. The Labute approximate surface area is 275 Å². The van der Waals surface area contributed by atoms with Gasteiger partial charge in [0.05, 0.1) is 5.69 Å². The number of allylic oxidation sites excluding steroid dienone is 2. The third kappa shape index (κ3) is 7.54. The number of hydrogen-bond acceptors (Lipinski definition) is 5. The zero-order valence-electron chi connectivity index (χ0n) is 26.3. The van der Waals surface area contributed by atoms with Crippen molar-refractivity contribution in [1.82, 2.24) is 20.1 Å². The van der Waals surface area contributed by atoms with Crippen LogP contribution in [0.4, 0.5) is 23.7 Å². The van der Waals surface area contributed by atoms with Crippen molar-refractivity contribution < 1.29 is 22.7 Å². The van der Waals surface area contributed by atoms with Crippen LogP contribution in [0.3, 0.4) is 0 Å². The summed E-state index contributed by atoms with van der Waals surface area (Å²) >= 11 is 1.61. The number of alkyl halides is 3. The third-order valence-corrected chi connectivity index (χ3v) is 9.21. The van der Waals surface area contributed by atoms with Crippen LogP contribution in [-0.2, 0) is 0 Å². The minimum atomic E-state index is -4.75. The van der Waals surface area contributed by atoms with E-state index in [1.165, 1.54) is 40.8 Å². The van der Waals surface area contributed by atoms with Crippen LogP contribution >= 0.6 is 11.8 Å². The molecule has 1 aliphatic heterocycles. The monoisotopic (exact) mass is 660 g/mol. The molecular weight excluding hydrogens is 625 g/mol. The summed E-state index contributed by atoms with van der Waals surface area (Å²) in [6.45, 7) is 6.53. The molecule has 4 aromatic rings. The number of nitrogens with one attached hydrogen (secondary N) is 1. The molecule has 3 aromatic carbocycles. The number of hydrogen-bond donors (Lipinski definition) is 1. The first-order chi connectivity index (χ1) is 22.6. The highest BCUT2D eigenvalue weighted by Gasteiger charge is 2.31. The summed E-state index contributed by atoms with van der Waals surface area (Å²) in [6.07, 6.45) is 0.292. The van der Waals surface area contributed by atoms with Gasteiger partial charge in [-0.15, -0.1) is 18.3 Å². The van der Waals surface area contributed by atoms with Gasteiger partial charge < -0.3 is 15.0 Å². The standard InChI is InChI=1S/C35H35F3N6O2S/c1-22(2)28-7-4-5-10-31(28)44-23(3)19-20-47-34(44)41-33(45)40-30-9-6-8-29(30)24-11-13-25(14-12-24)32-39-21-43(42-32)26-15-17-27(18-16-26)46-35(36,37)38/h4-5,7,10-18,21-23H,6,8-9,19-20H2,1-3H3,(H,40,45)/b41-34-. The Bertz CT molecular complexity index is 1800. The second-order valence-corrected chi connectivity index (χ2v) is 12.9. The summed E-state index contributed by atoms with van der Waals surface area (Å²) in [5.74, 6) is 1.41. The van der Waals surface area contributed by atoms with E-state index < -0.39 is 6.36 Å². The third-order valence-electron chi connectivity index (χ3n) is 8.22. The van der Waals surface area contributed by atoms with Gasteiger partial charge in [-0.1, -0.05) is 68.1 Å². The number of amides is 2. The molecular formula is C35H35F3N6O2S. The molecule has 2 heterocycles. The maximum absolute atomic E-state index is 13.3. The quantitative estimate of drug-likeness (QED) is 0.213. The molecule has 8 nitrogen and oxygen atoms in total. The molecule has 1 atom stereocenters.